The predicted molar refractivity (Wildman–Crippen MR) is 70.7 cm³/mol. The van der Waals surface area contributed by atoms with Crippen molar-refractivity contribution in [1.82, 2.24) is 10.3 Å². The summed E-state index contributed by atoms with van der Waals surface area (Å²) in [6.45, 7) is 2.42. The molecule has 1 heterocycles. The first-order chi connectivity index (χ1) is 9.63. The standard InChI is InChI=1S/C15H15F3N2/c1-2-19-13(15-12(17)7-4-8-20-15)9-10-5-3-6-11(16)14(10)18/h3-8,13,19H,2,9H2,1H3. The number of benzene rings is 1. The van der Waals surface area contributed by atoms with E-state index in [9.17, 15) is 13.2 Å². The summed E-state index contributed by atoms with van der Waals surface area (Å²) in [5, 5.41) is 3.04. The van der Waals surface area contributed by atoms with Crippen LogP contribution in [-0.4, -0.2) is 11.5 Å². The van der Waals surface area contributed by atoms with E-state index in [0.717, 1.165) is 6.07 Å². The Morgan fingerprint density at radius 2 is 1.85 bits per heavy atom. The summed E-state index contributed by atoms with van der Waals surface area (Å²) in [7, 11) is 0. The Hall–Kier alpha value is -1.88. The number of likely N-dealkylation sites (N-methyl/N-ethyl adjacent to an activating group) is 1. The third-order valence-corrected chi connectivity index (χ3v) is 3.02. The van der Waals surface area contributed by atoms with E-state index in [1.165, 1.54) is 30.5 Å². The highest BCUT2D eigenvalue weighted by Gasteiger charge is 2.19. The van der Waals surface area contributed by atoms with Crippen molar-refractivity contribution in [3.8, 4) is 0 Å². The van der Waals surface area contributed by atoms with Gasteiger partial charge in [0.05, 0.1) is 11.7 Å². The summed E-state index contributed by atoms with van der Waals surface area (Å²) in [5.74, 6) is -2.26. The number of nitrogens with zero attached hydrogens (tertiary/aromatic N) is 1. The van der Waals surface area contributed by atoms with Crippen molar-refractivity contribution in [3.63, 3.8) is 0 Å². The van der Waals surface area contributed by atoms with Gasteiger partial charge in [-0.3, -0.25) is 4.98 Å². The molecule has 0 aliphatic heterocycles. The minimum atomic E-state index is -0.903. The van der Waals surface area contributed by atoms with Gasteiger partial charge in [0.25, 0.3) is 0 Å². The fourth-order valence-corrected chi connectivity index (χ4v) is 2.09. The van der Waals surface area contributed by atoms with Crippen LogP contribution < -0.4 is 5.32 Å². The molecule has 2 nitrogen and oxygen atoms in total. The summed E-state index contributed by atoms with van der Waals surface area (Å²) in [6.07, 6.45) is 1.61. The molecule has 0 amide bonds. The Bertz CT molecular complexity index is 587. The molecule has 1 N–H and O–H groups in total. The van der Waals surface area contributed by atoms with Crippen molar-refractivity contribution in [3.05, 3.63) is 65.2 Å². The highest BCUT2D eigenvalue weighted by molar-refractivity contribution is 5.23. The third kappa shape index (κ3) is 3.17. The van der Waals surface area contributed by atoms with E-state index in [2.05, 4.69) is 10.3 Å². The summed E-state index contributed by atoms with van der Waals surface area (Å²) in [6, 6.07) is 6.27. The average Bonchev–Trinajstić information content (AvgIpc) is 2.44. The fraction of sp³-hybridized carbons (Fsp3) is 0.267. The van der Waals surface area contributed by atoms with Gasteiger partial charge in [0.2, 0.25) is 0 Å². The van der Waals surface area contributed by atoms with Crippen LogP contribution in [0.15, 0.2) is 36.5 Å². The largest absolute Gasteiger partial charge is 0.309 e. The molecule has 0 saturated heterocycles. The number of halogens is 3. The summed E-state index contributed by atoms with van der Waals surface area (Å²) in [5.41, 5.74) is 0.402. The Balaban J connectivity index is 2.31. The molecule has 0 spiro atoms. The first-order valence-corrected chi connectivity index (χ1v) is 6.40. The molecule has 1 atom stereocenters. The molecule has 0 radical (unpaired) electrons. The molecule has 1 aromatic carbocycles. The number of aromatic nitrogens is 1. The van der Waals surface area contributed by atoms with Crippen molar-refractivity contribution in [2.24, 2.45) is 0 Å². The fourth-order valence-electron chi connectivity index (χ4n) is 2.09. The molecule has 106 valence electrons. The van der Waals surface area contributed by atoms with Gasteiger partial charge in [-0.05, 0) is 36.7 Å². The van der Waals surface area contributed by atoms with Gasteiger partial charge in [-0.25, -0.2) is 13.2 Å². The van der Waals surface area contributed by atoms with Crippen molar-refractivity contribution < 1.29 is 13.2 Å². The topological polar surface area (TPSA) is 24.9 Å². The maximum absolute atomic E-state index is 13.8. The lowest BCUT2D eigenvalue weighted by Crippen LogP contribution is -2.25. The molecule has 0 aliphatic carbocycles. The van der Waals surface area contributed by atoms with Gasteiger partial charge >= 0.3 is 0 Å². The number of rotatable bonds is 5. The second-order valence-corrected chi connectivity index (χ2v) is 4.40. The summed E-state index contributed by atoms with van der Waals surface area (Å²) >= 11 is 0. The Kier molecular flexibility index (Phi) is 4.74. The molecular weight excluding hydrogens is 265 g/mol. The molecule has 0 fully saturated rings. The zero-order valence-electron chi connectivity index (χ0n) is 11.0. The number of hydrogen-bond donors (Lipinski definition) is 1. The van der Waals surface area contributed by atoms with E-state index < -0.39 is 23.5 Å². The molecule has 2 aromatic rings. The number of nitrogens with one attached hydrogen (secondary N) is 1. The van der Waals surface area contributed by atoms with E-state index in [1.54, 1.807) is 0 Å². The van der Waals surface area contributed by atoms with E-state index in [-0.39, 0.29) is 17.7 Å². The maximum atomic E-state index is 13.8. The lowest BCUT2D eigenvalue weighted by Gasteiger charge is -2.18. The van der Waals surface area contributed by atoms with E-state index in [0.29, 0.717) is 6.54 Å². The lowest BCUT2D eigenvalue weighted by molar-refractivity contribution is 0.465. The van der Waals surface area contributed by atoms with E-state index in [1.807, 2.05) is 6.92 Å². The highest BCUT2D eigenvalue weighted by atomic mass is 19.2. The van der Waals surface area contributed by atoms with Gasteiger partial charge in [-0.2, -0.15) is 0 Å². The molecular formula is C15H15F3N2. The summed E-state index contributed by atoms with van der Waals surface area (Å²) < 4.78 is 40.7. The average molecular weight is 280 g/mol. The van der Waals surface area contributed by atoms with E-state index in [4.69, 9.17) is 0 Å². The minimum absolute atomic E-state index is 0.130. The van der Waals surface area contributed by atoms with Crippen LogP contribution in [0.2, 0.25) is 0 Å². The zero-order valence-corrected chi connectivity index (χ0v) is 11.0. The van der Waals surface area contributed by atoms with Crippen LogP contribution in [0.5, 0.6) is 0 Å². The first kappa shape index (κ1) is 14.5. The molecule has 2 rings (SSSR count). The third-order valence-electron chi connectivity index (χ3n) is 3.02. The number of hydrogen-bond acceptors (Lipinski definition) is 2. The van der Waals surface area contributed by atoms with Gasteiger partial charge in [0, 0.05) is 6.20 Å². The van der Waals surface area contributed by atoms with Gasteiger partial charge in [-0.15, -0.1) is 0 Å². The van der Waals surface area contributed by atoms with Crippen molar-refractivity contribution in [2.75, 3.05) is 6.54 Å². The maximum Gasteiger partial charge on any atom is 0.162 e. The van der Waals surface area contributed by atoms with Crippen molar-refractivity contribution in [2.45, 2.75) is 19.4 Å². The smallest absolute Gasteiger partial charge is 0.162 e. The van der Waals surface area contributed by atoms with Crippen molar-refractivity contribution in [1.29, 1.82) is 0 Å². The van der Waals surface area contributed by atoms with Crippen LogP contribution in [0.4, 0.5) is 13.2 Å². The zero-order chi connectivity index (χ0) is 14.5. The van der Waals surface area contributed by atoms with Crippen molar-refractivity contribution >= 4 is 0 Å². The second-order valence-electron chi connectivity index (χ2n) is 4.40. The molecule has 20 heavy (non-hydrogen) atoms. The molecule has 1 aromatic heterocycles. The quantitative estimate of drug-likeness (QED) is 0.908. The lowest BCUT2D eigenvalue weighted by atomic mass is 10.0. The Morgan fingerprint density at radius 1 is 1.10 bits per heavy atom. The predicted octanol–water partition coefficient (Wildman–Crippen LogP) is 3.39. The van der Waals surface area contributed by atoms with Crippen LogP contribution >= 0.6 is 0 Å². The first-order valence-electron chi connectivity index (χ1n) is 6.40. The van der Waals surface area contributed by atoms with Crippen LogP contribution in [0.25, 0.3) is 0 Å². The highest BCUT2D eigenvalue weighted by Crippen LogP contribution is 2.21. The monoisotopic (exact) mass is 280 g/mol. The molecule has 0 aliphatic rings. The molecule has 1 unspecified atom stereocenters. The normalized spacial score (nSPS) is 12.4. The van der Waals surface area contributed by atoms with Gasteiger partial charge in [0.15, 0.2) is 11.6 Å². The number of pyridine rings is 1. The van der Waals surface area contributed by atoms with Gasteiger partial charge in [-0.1, -0.05) is 19.1 Å². The second kappa shape index (κ2) is 6.52. The Morgan fingerprint density at radius 3 is 2.55 bits per heavy atom. The van der Waals surface area contributed by atoms with Crippen LogP contribution in [-0.2, 0) is 6.42 Å². The molecule has 5 heteroatoms. The SMILES string of the molecule is CCNC(Cc1cccc(F)c1F)c1ncccc1F. The Labute approximate surface area is 115 Å². The van der Waals surface area contributed by atoms with E-state index >= 15 is 0 Å². The van der Waals surface area contributed by atoms with Crippen LogP contribution in [0, 0.1) is 17.5 Å². The van der Waals surface area contributed by atoms with Gasteiger partial charge in [0.1, 0.15) is 5.82 Å². The molecule has 0 bridgehead atoms. The summed E-state index contributed by atoms with van der Waals surface area (Å²) in [4.78, 5) is 3.99. The minimum Gasteiger partial charge on any atom is -0.309 e. The van der Waals surface area contributed by atoms with Crippen LogP contribution in [0.1, 0.15) is 24.2 Å². The van der Waals surface area contributed by atoms with Crippen LogP contribution in [0.3, 0.4) is 0 Å². The molecule has 0 saturated carbocycles. The van der Waals surface area contributed by atoms with Gasteiger partial charge < -0.3 is 5.32 Å².